The van der Waals surface area contributed by atoms with Crippen molar-refractivity contribution in [3.63, 3.8) is 0 Å². The lowest BCUT2D eigenvalue weighted by Crippen LogP contribution is -1.81. The lowest BCUT2D eigenvalue weighted by atomic mass is 10.0. The Kier molecular flexibility index (Phi) is 3.28. The van der Waals surface area contributed by atoms with Gasteiger partial charge in [0, 0.05) is 5.75 Å². The highest BCUT2D eigenvalue weighted by Gasteiger charge is 1.97. The lowest BCUT2D eigenvalue weighted by molar-refractivity contribution is 1.42. The smallest absolute Gasteiger partial charge is 0.0991 e. The van der Waals surface area contributed by atoms with Gasteiger partial charge in [-0.05, 0) is 28.8 Å². The molecule has 0 amide bonds. The summed E-state index contributed by atoms with van der Waals surface area (Å²) in [5.74, 6) is 0.758. The van der Waals surface area contributed by atoms with E-state index in [0.717, 1.165) is 16.9 Å². The Balaban J connectivity index is 2.32. The number of hydrogen-bond acceptors (Lipinski definition) is 2. The van der Waals surface area contributed by atoms with Crippen molar-refractivity contribution in [1.82, 2.24) is 0 Å². The van der Waals surface area contributed by atoms with Crippen LogP contribution in [-0.4, -0.2) is 0 Å². The highest BCUT2D eigenvalue weighted by molar-refractivity contribution is 7.79. The van der Waals surface area contributed by atoms with E-state index in [4.69, 9.17) is 5.26 Å². The van der Waals surface area contributed by atoms with Crippen LogP contribution in [0, 0.1) is 11.3 Å². The molecule has 0 fully saturated rings. The molecule has 0 aliphatic rings. The van der Waals surface area contributed by atoms with Gasteiger partial charge in [-0.3, -0.25) is 0 Å². The molecule has 0 heterocycles. The van der Waals surface area contributed by atoms with Crippen LogP contribution >= 0.6 is 12.6 Å². The first kappa shape index (κ1) is 10.8. The second-order valence-corrected chi connectivity index (χ2v) is 3.86. The molecule has 0 aromatic heterocycles. The van der Waals surface area contributed by atoms with E-state index >= 15 is 0 Å². The minimum absolute atomic E-state index is 0.690. The maximum atomic E-state index is 8.71. The summed E-state index contributed by atoms with van der Waals surface area (Å²) >= 11 is 4.22. The van der Waals surface area contributed by atoms with Gasteiger partial charge in [0.2, 0.25) is 0 Å². The molecule has 1 nitrogen and oxygen atoms in total. The van der Waals surface area contributed by atoms with Crippen LogP contribution in [0.15, 0.2) is 48.5 Å². The third-order valence-corrected chi connectivity index (χ3v) is 2.85. The van der Waals surface area contributed by atoms with Crippen molar-refractivity contribution < 1.29 is 0 Å². The van der Waals surface area contributed by atoms with Crippen molar-refractivity contribution in [3.8, 4) is 17.2 Å². The zero-order valence-electron chi connectivity index (χ0n) is 8.72. The van der Waals surface area contributed by atoms with E-state index in [9.17, 15) is 0 Å². The third-order valence-electron chi connectivity index (χ3n) is 2.48. The topological polar surface area (TPSA) is 23.8 Å². The average molecular weight is 225 g/mol. The number of nitrogens with zero attached hydrogens (tertiary/aromatic N) is 1. The van der Waals surface area contributed by atoms with Crippen LogP contribution in [0.1, 0.15) is 11.1 Å². The Bertz CT molecular complexity index is 506. The Hall–Kier alpha value is -1.72. The van der Waals surface area contributed by atoms with Crippen molar-refractivity contribution in [2.45, 2.75) is 5.75 Å². The normalized spacial score (nSPS) is 9.75. The van der Waals surface area contributed by atoms with E-state index in [1.807, 2.05) is 24.3 Å². The summed E-state index contributed by atoms with van der Waals surface area (Å²) in [4.78, 5) is 0. The van der Waals surface area contributed by atoms with E-state index in [-0.39, 0.29) is 0 Å². The van der Waals surface area contributed by atoms with Crippen LogP contribution in [0.4, 0.5) is 0 Å². The molecule has 0 unspecified atom stereocenters. The molecule has 0 bridgehead atoms. The highest BCUT2D eigenvalue weighted by atomic mass is 32.1. The molecule has 2 aromatic carbocycles. The Labute approximate surface area is 101 Å². The van der Waals surface area contributed by atoms with E-state index < -0.39 is 0 Å². The fourth-order valence-electron chi connectivity index (χ4n) is 1.54. The fraction of sp³-hybridized carbons (Fsp3) is 0.0714. The van der Waals surface area contributed by atoms with Crippen LogP contribution in [0.5, 0.6) is 0 Å². The third kappa shape index (κ3) is 2.26. The molecule has 0 atom stereocenters. The zero-order chi connectivity index (χ0) is 11.4. The van der Waals surface area contributed by atoms with Gasteiger partial charge < -0.3 is 0 Å². The minimum atomic E-state index is 0.690. The molecule has 0 radical (unpaired) electrons. The van der Waals surface area contributed by atoms with E-state index in [0.29, 0.717) is 5.56 Å². The van der Waals surface area contributed by atoms with Crippen LogP contribution in [0.25, 0.3) is 11.1 Å². The SMILES string of the molecule is N#Cc1ccc(-c2ccc(CS)cc2)cc1. The Morgan fingerprint density at radius 1 is 0.875 bits per heavy atom. The molecule has 0 spiro atoms. The van der Waals surface area contributed by atoms with E-state index in [1.165, 1.54) is 5.56 Å². The molecular formula is C14H11NS. The highest BCUT2D eigenvalue weighted by Crippen LogP contribution is 2.20. The monoisotopic (exact) mass is 225 g/mol. The van der Waals surface area contributed by atoms with Crippen molar-refractivity contribution in [1.29, 1.82) is 5.26 Å². The van der Waals surface area contributed by atoms with E-state index in [1.54, 1.807) is 0 Å². The standard InChI is InChI=1S/C14H11NS/c15-9-11-1-5-13(6-2-11)14-7-3-12(10-16)4-8-14/h1-8,16H,10H2. The number of rotatable bonds is 2. The maximum Gasteiger partial charge on any atom is 0.0991 e. The number of hydrogen-bond donors (Lipinski definition) is 1. The molecule has 16 heavy (non-hydrogen) atoms. The molecule has 2 aromatic rings. The van der Waals surface area contributed by atoms with Gasteiger partial charge in [-0.1, -0.05) is 36.4 Å². The predicted molar refractivity (Wildman–Crippen MR) is 69.3 cm³/mol. The van der Waals surface area contributed by atoms with Gasteiger partial charge in [-0.15, -0.1) is 0 Å². The van der Waals surface area contributed by atoms with Crippen LogP contribution in [0.2, 0.25) is 0 Å². The van der Waals surface area contributed by atoms with Gasteiger partial charge in [-0.25, -0.2) is 0 Å². The van der Waals surface area contributed by atoms with Gasteiger partial charge in [0.05, 0.1) is 11.6 Å². The molecule has 78 valence electrons. The molecule has 0 aliphatic carbocycles. The van der Waals surface area contributed by atoms with Crippen molar-refractivity contribution in [2.75, 3.05) is 0 Å². The predicted octanol–water partition coefficient (Wildman–Crippen LogP) is 3.66. The second-order valence-electron chi connectivity index (χ2n) is 3.54. The summed E-state index contributed by atoms with van der Waals surface area (Å²) in [5.41, 5.74) is 4.19. The van der Waals surface area contributed by atoms with Gasteiger partial charge in [0.1, 0.15) is 0 Å². The van der Waals surface area contributed by atoms with Gasteiger partial charge >= 0.3 is 0 Å². The summed E-state index contributed by atoms with van der Waals surface area (Å²) in [5, 5.41) is 8.71. The van der Waals surface area contributed by atoms with Gasteiger partial charge in [0.15, 0.2) is 0 Å². The summed E-state index contributed by atoms with van der Waals surface area (Å²) in [6, 6.07) is 18.0. The first-order valence-corrected chi connectivity index (χ1v) is 5.67. The van der Waals surface area contributed by atoms with Crippen LogP contribution in [-0.2, 0) is 5.75 Å². The quantitative estimate of drug-likeness (QED) is 0.775. The van der Waals surface area contributed by atoms with Crippen molar-refractivity contribution in [3.05, 3.63) is 59.7 Å². The Morgan fingerprint density at radius 3 is 1.81 bits per heavy atom. The fourth-order valence-corrected chi connectivity index (χ4v) is 1.75. The minimum Gasteiger partial charge on any atom is -0.192 e. The molecule has 0 saturated carbocycles. The second kappa shape index (κ2) is 4.87. The summed E-state index contributed by atoms with van der Waals surface area (Å²) in [7, 11) is 0. The largest absolute Gasteiger partial charge is 0.192 e. The average Bonchev–Trinajstić information content (AvgIpc) is 2.39. The number of benzene rings is 2. The van der Waals surface area contributed by atoms with Crippen LogP contribution in [0.3, 0.4) is 0 Å². The van der Waals surface area contributed by atoms with Crippen LogP contribution < -0.4 is 0 Å². The molecule has 2 rings (SSSR count). The van der Waals surface area contributed by atoms with Gasteiger partial charge in [-0.2, -0.15) is 17.9 Å². The molecule has 2 heteroatoms. The molecule has 0 saturated heterocycles. The Morgan fingerprint density at radius 2 is 1.38 bits per heavy atom. The zero-order valence-corrected chi connectivity index (χ0v) is 9.61. The molecule has 0 aliphatic heterocycles. The number of thiol groups is 1. The summed E-state index contributed by atoms with van der Waals surface area (Å²) in [6.07, 6.45) is 0. The van der Waals surface area contributed by atoms with Crippen molar-refractivity contribution >= 4 is 12.6 Å². The summed E-state index contributed by atoms with van der Waals surface area (Å²) in [6.45, 7) is 0. The maximum absolute atomic E-state index is 8.71. The first-order chi connectivity index (χ1) is 7.83. The first-order valence-electron chi connectivity index (χ1n) is 5.04. The molecular weight excluding hydrogens is 214 g/mol. The molecule has 0 N–H and O–H groups in total. The van der Waals surface area contributed by atoms with E-state index in [2.05, 4.69) is 43.0 Å². The van der Waals surface area contributed by atoms with Gasteiger partial charge in [0.25, 0.3) is 0 Å². The van der Waals surface area contributed by atoms with Crippen molar-refractivity contribution in [2.24, 2.45) is 0 Å². The number of nitriles is 1. The summed E-state index contributed by atoms with van der Waals surface area (Å²) < 4.78 is 0. The lowest BCUT2D eigenvalue weighted by Gasteiger charge is -2.02.